The van der Waals surface area contributed by atoms with E-state index in [1.807, 2.05) is 0 Å². The fourth-order valence-electron chi connectivity index (χ4n) is 1.78. The molecule has 0 saturated heterocycles. The first kappa shape index (κ1) is 14.3. The molecule has 0 fully saturated rings. The van der Waals surface area contributed by atoms with E-state index in [9.17, 15) is 8.78 Å². The van der Waals surface area contributed by atoms with Gasteiger partial charge in [0.25, 0.3) is 0 Å². The summed E-state index contributed by atoms with van der Waals surface area (Å²) >= 11 is 0. The zero-order valence-corrected chi connectivity index (χ0v) is 11.0. The van der Waals surface area contributed by atoms with E-state index in [0.717, 1.165) is 11.6 Å². The maximum absolute atomic E-state index is 13.5. The fourth-order valence-corrected chi connectivity index (χ4v) is 1.78. The summed E-state index contributed by atoms with van der Waals surface area (Å²) in [7, 11) is 1.54. The summed E-state index contributed by atoms with van der Waals surface area (Å²) in [6.07, 6.45) is 0. The van der Waals surface area contributed by atoms with Gasteiger partial charge in [0.05, 0.1) is 7.11 Å². The lowest BCUT2D eigenvalue weighted by atomic mass is 10.2. The summed E-state index contributed by atoms with van der Waals surface area (Å²) in [5, 5.41) is 0. The number of hydrogen-bond acceptors (Lipinski definition) is 3. The van der Waals surface area contributed by atoms with E-state index >= 15 is 0 Å². The van der Waals surface area contributed by atoms with Crippen LogP contribution in [0.25, 0.3) is 0 Å². The van der Waals surface area contributed by atoms with Crippen LogP contribution in [0.5, 0.6) is 11.5 Å². The summed E-state index contributed by atoms with van der Waals surface area (Å²) in [6.45, 7) is 0.203. The summed E-state index contributed by atoms with van der Waals surface area (Å²) in [5.74, 6) is -0.687. The van der Waals surface area contributed by atoms with Crippen LogP contribution < -0.4 is 15.2 Å². The highest BCUT2D eigenvalue weighted by molar-refractivity contribution is 5.40. The van der Waals surface area contributed by atoms with Crippen LogP contribution in [0.15, 0.2) is 36.4 Å². The first-order valence-electron chi connectivity index (χ1n) is 6.08. The highest BCUT2D eigenvalue weighted by Crippen LogP contribution is 2.25. The Morgan fingerprint density at radius 2 is 1.90 bits per heavy atom. The van der Waals surface area contributed by atoms with E-state index in [0.29, 0.717) is 11.5 Å². The minimum Gasteiger partial charge on any atom is -0.497 e. The number of rotatable bonds is 5. The quantitative estimate of drug-likeness (QED) is 0.915. The van der Waals surface area contributed by atoms with Crippen LogP contribution in [0.4, 0.5) is 8.78 Å². The lowest BCUT2D eigenvalue weighted by molar-refractivity contribution is 0.292. The Kier molecular flexibility index (Phi) is 4.53. The lowest BCUT2D eigenvalue weighted by Gasteiger charge is -2.12. The molecule has 0 heterocycles. The van der Waals surface area contributed by atoms with Gasteiger partial charge < -0.3 is 15.2 Å². The van der Waals surface area contributed by atoms with Gasteiger partial charge in [0.15, 0.2) is 11.6 Å². The van der Waals surface area contributed by atoms with Gasteiger partial charge in [-0.15, -0.1) is 0 Å². The van der Waals surface area contributed by atoms with Gasteiger partial charge in [-0.25, -0.2) is 8.78 Å². The van der Waals surface area contributed by atoms with Crippen LogP contribution in [-0.2, 0) is 13.2 Å². The van der Waals surface area contributed by atoms with Crippen molar-refractivity contribution >= 4 is 0 Å². The van der Waals surface area contributed by atoms with Crippen molar-refractivity contribution in [1.29, 1.82) is 0 Å². The van der Waals surface area contributed by atoms with Crippen molar-refractivity contribution in [2.24, 2.45) is 5.73 Å². The lowest BCUT2D eigenvalue weighted by Crippen LogP contribution is -2.05. The minimum atomic E-state index is -0.898. The number of ether oxygens (including phenoxy) is 2. The van der Waals surface area contributed by atoms with Crippen molar-refractivity contribution in [3.8, 4) is 11.5 Å². The van der Waals surface area contributed by atoms with Gasteiger partial charge in [-0.3, -0.25) is 0 Å². The molecule has 0 saturated carbocycles. The molecule has 2 N–H and O–H groups in total. The van der Waals surface area contributed by atoms with Crippen molar-refractivity contribution in [3.05, 3.63) is 59.2 Å². The number of methoxy groups -OCH3 is 1. The van der Waals surface area contributed by atoms with E-state index in [1.54, 1.807) is 18.2 Å². The standard InChI is InChI=1S/C15H15F2NO2/c1-19-12-6-5-10(8-18)14(7-12)20-9-11-3-2-4-13(16)15(11)17/h2-7H,8-9,18H2,1H3. The molecule has 2 aromatic carbocycles. The smallest absolute Gasteiger partial charge is 0.165 e. The number of halogens is 2. The van der Waals surface area contributed by atoms with Gasteiger partial charge in [-0.2, -0.15) is 0 Å². The molecule has 0 radical (unpaired) electrons. The predicted octanol–water partition coefficient (Wildman–Crippen LogP) is 3.01. The van der Waals surface area contributed by atoms with Gasteiger partial charge in [0.2, 0.25) is 0 Å². The second-order valence-corrected chi connectivity index (χ2v) is 4.18. The first-order chi connectivity index (χ1) is 9.65. The van der Waals surface area contributed by atoms with Gasteiger partial charge in [-0.05, 0) is 12.1 Å². The Labute approximate surface area is 115 Å². The molecule has 0 aliphatic heterocycles. The van der Waals surface area contributed by atoms with Crippen molar-refractivity contribution in [2.45, 2.75) is 13.2 Å². The fraction of sp³-hybridized carbons (Fsp3) is 0.200. The maximum atomic E-state index is 13.5. The molecule has 20 heavy (non-hydrogen) atoms. The van der Waals surface area contributed by atoms with Crippen LogP contribution in [0.2, 0.25) is 0 Å². The summed E-state index contributed by atoms with van der Waals surface area (Å²) in [6, 6.07) is 9.18. The second-order valence-electron chi connectivity index (χ2n) is 4.18. The Morgan fingerprint density at radius 1 is 1.10 bits per heavy atom. The largest absolute Gasteiger partial charge is 0.497 e. The van der Waals surface area contributed by atoms with Gasteiger partial charge in [0, 0.05) is 23.7 Å². The first-order valence-corrected chi connectivity index (χ1v) is 6.08. The van der Waals surface area contributed by atoms with E-state index in [1.165, 1.54) is 19.2 Å². The van der Waals surface area contributed by atoms with Gasteiger partial charge >= 0.3 is 0 Å². The molecule has 0 bridgehead atoms. The van der Waals surface area contributed by atoms with Crippen LogP contribution in [-0.4, -0.2) is 7.11 Å². The molecule has 2 aromatic rings. The molecular formula is C15H15F2NO2. The average Bonchev–Trinajstić information content (AvgIpc) is 2.48. The summed E-state index contributed by atoms with van der Waals surface area (Å²) in [4.78, 5) is 0. The topological polar surface area (TPSA) is 44.5 Å². The third-order valence-corrected chi connectivity index (χ3v) is 2.91. The Morgan fingerprint density at radius 3 is 2.60 bits per heavy atom. The van der Waals surface area contributed by atoms with E-state index < -0.39 is 11.6 Å². The monoisotopic (exact) mass is 279 g/mol. The summed E-state index contributed by atoms with van der Waals surface area (Å²) in [5.41, 5.74) is 6.53. The highest BCUT2D eigenvalue weighted by atomic mass is 19.2. The number of hydrogen-bond donors (Lipinski definition) is 1. The van der Waals surface area contributed by atoms with E-state index in [4.69, 9.17) is 15.2 Å². The van der Waals surface area contributed by atoms with E-state index in [2.05, 4.69) is 0 Å². The molecule has 0 aromatic heterocycles. The Balaban J connectivity index is 2.19. The molecule has 5 heteroatoms. The molecule has 0 aliphatic carbocycles. The molecule has 0 unspecified atom stereocenters. The Bertz CT molecular complexity index is 602. The number of benzene rings is 2. The van der Waals surface area contributed by atoms with Crippen molar-refractivity contribution < 1.29 is 18.3 Å². The molecule has 0 spiro atoms. The zero-order chi connectivity index (χ0) is 14.5. The molecule has 3 nitrogen and oxygen atoms in total. The van der Waals surface area contributed by atoms with Crippen molar-refractivity contribution in [1.82, 2.24) is 0 Å². The number of nitrogens with two attached hydrogens (primary N) is 1. The van der Waals surface area contributed by atoms with Gasteiger partial charge in [0.1, 0.15) is 18.1 Å². The van der Waals surface area contributed by atoms with Crippen LogP contribution in [0, 0.1) is 11.6 Å². The molecule has 2 rings (SSSR count). The SMILES string of the molecule is COc1ccc(CN)c(OCc2cccc(F)c2F)c1. The maximum Gasteiger partial charge on any atom is 0.165 e. The van der Waals surface area contributed by atoms with Crippen LogP contribution >= 0.6 is 0 Å². The molecule has 0 amide bonds. The van der Waals surface area contributed by atoms with Crippen molar-refractivity contribution in [2.75, 3.05) is 7.11 Å². The summed E-state index contributed by atoms with van der Waals surface area (Å²) < 4.78 is 37.2. The Hall–Kier alpha value is -2.14. The molecule has 106 valence electrons. The third kappa shape index (κ3) is 3.05. The normalized spacial score (nSPS) is 10.4. The minimum absolute atomic E-state index is 0.0796. The second kappa shape index (κ2) is 6.34. The van der Waals surface area contributed by atoms with Crippen LogP contribution in [0.1, 0.15) is 11.1 Å². The molecule has 0 atom stereocenters. The average molecular weight is 279 g/mol. The van der Waals surface area contributed by atoms with E-state index in [-0.39, 0.29) is 18.7 Å². The molecule has 0 aliphatic rings. The molecular weight excluding hydrogens is 264 g/mol. The van der Waals surface area contributed by atoms with Crippen LogP contribution in [0.3, 0.4) is 0 Å². The predicted molar refractivity (Wildman–Crippen MR) is 71.6 cm³/mol. The van der Waals surface area contributed by atoms with Gasteiger partial charge in [-0.1, -0.05) is 18.2 Å². The highest BCUT2D eigenvalue weighted by Gasteiger charge is 2.10. The third-order valence-electron chi connectivity index (χ3n) is 2.91. The van der Waals surface area contributed by atoms with Crippen molar-refractivity contribution in [3.63, 3.8) is 0 Å². The zero-order valence-electron chi connectivity index (χ0n) is 11.0.